The second-order valence-corrected chi connectivity index (χ2v) is 7.13. The van der Waals surface area contributed by atoms with Crippen LogP contribution in [0.3, 0.4) is 0 Å². The van der Waals surface area contributed by atoms with E-state index in [0.29, 0.717) is 0 Å². The summed E-state index contributed by atoms with van der Waals surface area (Å²) in [5.74, 6) is 0.759. The maximum atomic E-state index is 11.0. The Morgan fingerprint density at radius 2 is 2.00 bits per heavy atom. The van der Waals surface area contributed by atoms with Crippen molar-refractivity contribution < 1.29 is 9.66 Å². The minimum atomic E-state index is -0.389. The lowest BCUT2D eigenvalue weighted by Crippen LogP contribution is -2.36. The van der Waals surface area contributed by atoms with E-state index in [-0.39, 0.29) is 16.7 Å². The molecule has 1 aliphatic heterocycles. The molecule has 2 heterocycles. The molecular formula is C22H24N4O3. The van der Waals surface area contributed by atoms with E-state index in [0.717, 1.165) is 49.4 Å². The van der Waals surface area contributed by atoms with Gasteiger partial charge in [0.15, 0.2) is 0 Å². The van der Waals surface area contributed by atoms with Crippen molar-refractivity contribution in [1.29, 1.82) is 0 Å². The topological polar surface area (TPSA) is 80.5 Å². The van der Waals surface area contributed by atoms with E-state index < -0.39 is 0 Å². The standard InChI is InChI=1S/C22H24N4O3/c1-2-20(16-4-3-5-18(14-16)25-10-12-29-13-11-25)23-22-9-6-17-15-19(26(27)28)7-8-21(17)24-22/h3-9,14-15,20H,2,10-13H2,1H3,(H,23,24). The van der Waals surface area contributed by atoms with Crippen LogP contribution in [0.15, 0.2) is 54.6 Å². The molecule has 1 unspecified atom stereocenters. The van der Waals surface area contributed by atoms with Crippen molar-refractivity contribution in [3.05, 3.63) is 70.3 Å². The lowest BCUT2D eigenvalue weighted by atomic mass is 10.0. The van der Waals surface area contributed by atoms with Gasteiger partial charge < -0.3 is 15.0 Å². The number of morpholine rings is 1. The van der Waals surface area contributed by atoms with Crippen LogP contribution in [0.4, 0.5) is 17.2 Å². The third kappa shape index (κ3) is 4.30. The fraction of sp³-hybridized carbons (Fsp3) is 0.318. The first-order valence-electron chi connectivity index (χ1n) is 9.88. The van der Waals surface area contributed by atoms with Gasteiger partial charge in [0.25, 0.3) is 5.69 Å². The maximum absolute atomic E-state index is 11.0. The van der Waals surface area contributed by atoms with Gasteiger partial charge in [0.2, 0.25) is 0 Å². The molecule has 2 aromatic carbocycles. The van der Waals surface area contributed by atoms with Gasteiger partial charge in [-0.15, -0.1) is 0 Å². The second kappa shape index (κ2) is 8.45. The monoisotopic (exact) mass is 392 g/mol. The van der Waals surface area contributed by atoms with Crippen molar-refractivity contribution in [1.82, 2.24) is 4.98 Å². The Morgan fingerprint density at radius 1 is 1.17 bits per heavy atom. The lowest BCUT2D eigenvalue weighted by molar-refractivity contribution is -0.384. The van der Waals surface area contributed by atoms with Gasteiger partial charge in [0, 0.05) is 36.3 Å². The Morgan fingerprint density at radius 3 is 2.76 bits per heavy atom. The number of nitrogens with zero attached hydrogens (tertiary/aromatic N) is 3. The summed E-state index contributed by atoms with van der Waals surface area (Å²) >= 11 is 0. The van der Waals surface area contributed by atoms with Crippen molar-refractivity contribution in [3.8, 4) is 0 Å². The number of nitro groups is 1. The van der Waals surface area contributed by atoms with Crippen LogP contribution in [-0.4, -0.2) is 36.2 Å². The average Bonchev–Trinajstić information content (AvgIpc) is 2.77. The number of nitrogens with one attached hydrogen (secondary N) is 1. The third-order valence-corrected chi connectivity index (χ3v) is 5.26. The lowest BCUT2D eigenvalue weighted by Gasteiger charge is -2.30. The highest BCUT2D eigenvalue weighted by Crippen LogP contribution is 2.27. The van der Waals surface area contributed by atoms with Crippen molar-refractivity contribution in [2.75, 3.05) is 36.5 Å². The smallest absolute Gasteiger partial charge is 0.270 e. The highest BCUT2D eigenvalue weighted by atomic mass is 16.6. The molecule has 0 spiro atoms. The third-order valence-electron chi connectivity index (χ3n) is 5.26. The normalized spacial score (nSPS) is 15.3. The number of nitro benzene ring substituents is 1. The van der Waals surface area contributed by atoms with Crippen LogP contribution in [0.2, 0.25) is 0 Å². The zero-order valence-corrected chi connectivity index (χ0v) is 16.4. The van der Waals surface area contributed by atoms with E-state index >= 15 is 0 Å². The summed E-state index contributed by atoms with van der Waals surface area (Å²) in [7, 11) is 0. The molecule has 1 aliphatic rings. The molecule has 0 bridgehead atoms. The summed E-state index contributed by atoms with van der Waals surface area (Å²) in [5.41, 5.74) is 3.23. The summed E-state index contributed by atoms with van der Waals surface area (Å²) in [4.78, 5) is 17.6. The molecule has 1 aromatic heterocycles. The molecule has 4 rings (SSSR count). The number of anilines is 2. The summed E-state index contributed by atoms with van der Waals surface area (Å²) in [5, 5.41) is 15.2. The molecule has 7 heteroatoms. The molecule has 0 amide bonds. The Bertz CT molecular complexity index is 1020. The molecule has 1 saturated heterocycles. The van der Waals surface area contributed by atoms with Crippen molar-refractivity contribution >= 4 is 28.1 Å². The molecule has 29 heavy (non-hydrogen) atoms. The number of pyridine rings is 1. The van der Waals surface area contributed by atoms with E-state index in [1.54, 1.807) is 12.1 Å². The molecule has 1 fully saturated rings. The van der Waals surface area contributed by atoms with Crippen LogP contribution in [-0.2, 0) is 4.74 Å². The van der Waals surface area contributed by atoms with Gasteiger partial charge in [-0.2, -0.15) is 0 Å². The minimum Gasteiger partial charge on any atom is -0.378 e. The zero-order valence-electron chi connectivity index (χ0n) is 16.4. The number of ether oxygens (including phenoxy) is 1. The Labute approximate surface area is 169 Å². The molecule has 1 atom stereocenters. The minimum absolute atomic E-state index is 0.0753. The molecule has 3 aromatic rings. The van der Waals surface area contributed by atoms with Crippen LogP contribution >= 0.6 is 0 Å². The average molecular weight is 392 g/mol. The fourth-order valence-electron chi connectivity index (χ4n) is 3.67. The van der Waals surface area contributed by atoms with Gasteiger partial charge >= 0.3 is 0 Å². The largest absolute Gasteiger partial charge is 0.378 e. The van der Waals surface area contributed by atoms with Crippen LogP contribution in [0.1, 0.15) is 24.9 Å². The van der Waals surface area contributed by atoms with Gasteiger partial charge in [-0.05, 0) is 42.3 Å². The first-order valence-corrected chi connectivity index (χ1v) is 9.88. The number of hydrogen-bond acceptors (Lipinski definition) is 6. The SMILES string of the molecule is CCC(Nc1ccc2cc([N+](=O)[O-])ccc2n1)c1cccc(N2CCOCC2)c1. The predicted molar refractivity (Wildman–Crippen MR) is 115 cm³/mol. The molecule has 0 aliphatic carbocycles. The summed E-state index contributed by atoms with van der Waals surface area (Å²) in [6, 6.07) is 17.2. The Balaban J connectivity index is 1.55. The first-order chi connectivity index (χ1) is 14.1. The van der Waals surface area contributed by atoms with Crippen LogP contribution in [0.25, 0.3) is 10.9 Å². The summed E-state index contributed by atoms with van der Waals surface area (Å²) < 4.78 is 5.46. The van der Waals surface area contributed by atoms with Crippen LogP contribution in [0, 0.1) is 10.1 Å². The van der Waals surface area contributed by atoms with Gasteiger partial charge in [0.05, 0.1) is 29.7 Å². The molecule has 150 valence electrons. The van der Waals surface area contributed by atoms with E-state index in [1.807, 2.05) is 12.1 Å². The molecule has 1 N–H and O–H groups in total. The Hall–Kier alpha value is -3.19. The number of rotatable bonds is 6. The quantitative estimate of drug-likeness (QED) is 0.490. The van der Waals surface area contributed by atoms with E-state index in [9.17, 15) is 10.1 Å². The molecule has 0 saturated carbocycles. The maximum Gasteiger partial charge on any atom is 0.270 e. The van der Waals surface area contributed by atoms with E-state index in [1.165, 1.54) is 17.3 Å². The van der Waals surface area contributed by atoms with Crippen molar-refractivity contribution in [2.45, 2.75) is 19.4 Å². The van der Waals surface area contributed by atoms with Crippen molar-refractivity contribution in [2.24, 2.45) is 0 Å². The highest BCUT2D eigenvalue weighted by Gasteiger charge is 2.15. The zero-order chi connectivity index (χ0) is 20.2. The van der Waals surface area contributed by atoms with E-state index in [4.69, 9.17) is 4.74 Å². The number of non-ortho nitro benzene ring substituents is 1. The van der Waals surface area contributed by atoms with Crippen molar-refractivity contribution in [3.63, 3.8) is 0 Å². The van der Waals surface area contributed by atoms with Gasteiger partial charge in [-0.25, -0.2) is 4.98 Å². The van der Waals surface area contributed by atoms with Crippen LogP contribution < -0.4 is 10.2 Å². The summed E-state index contributed by atoms with van der Waals surface area (Å²) in [6.07, 6.45) is 0.909. The molecule has 0 radical (unpaired) electrons. The van der Waals surface area contributed by atoms with Gasteiger partial charge in [0.1, 0.15) is 5.82 Å². The summed E-state index contributed by atoms with van der Waals surface area (Å²) in [6.45, 7) is 5.49. The fourth-order valence-corrected chi connectivity index (χ4v) is 3.67. The predicted octanol–water partition coefficient (Wildman–Crippen LogP) is 4.54. The molecule has 7 nitrogen and oxygen atoms in total. The number of hydrogen-bond donors (Lipinski definition) is 1. The van der Waals surface area contributed by atoms with E-state index in [2.05, 4.69) is 46.4 Å². The van der Waals surface area contributed by atoms with Crippen LogP contribution in [0.5, 0.6) is 0 Å². The highest BCUT2D eigenvalue weighted by molar-refractivity contribution is 5.82. The Kier molecular flexibility index (Phi) is 5.57. The van der Waals surface area contributed by atoms with Gasteiger partial charge in [-0.3, -0.25) is 10.1 Å². The number of aromatic nitrogens is 1. The van der Waals surface area contributed by atoms with Gasteiger partial charge in [-0.1, -0.05) is 19.1 Å². The number of fused-ring (bicyclic) bond motifs is 1. The molecular weight excluding hydrogens is 368 g/mol. The number of benzene rings is 2. The first kappa shape index (κ1) is 19.1. The second-order valence-electron chi connectivity index (χ2n) is 7.13.